The molecule has 0 bridgehead atoms. The first-order chi connectivity index (χ1) is 21.3. The number of ether oxygens (including phenoxy) is 2. The van der Waals surface area contributed by atoms with Crippen molar-refractivity contribution in [1.29, 1.82) is 5.26 Å². The fourth-order valence-corrected chi connectivity index (χ4v) is 6.83. The van der Waals surface area contributed by atoms with Crippen LogP contribution in [0.15, 0.2) is 72.8 Å². The average Bonchev–Trinajstić information content (AvgIpc) is 3.70. The van der Waals surface area contributed by atoms with Crippen molar-refractivity contribution in [3.8, 4) is 23.3 Å². The molecule has 9 nitrogen and oxygen atoms in total. The van der Waals surface area contributed by atoms with Crippen molar-refractivity contribution in [3.63, 3.8) is 0 Å². The summed E-state index contributed by atoms with van der Waals surface area (Å²) in [5.41, 5.74) is 3.02. The minimum Gasteiger partial charge on any atom is -0.496 e. The van der Waals surface area contributed by atoms with Crippen LogP contribution in [0.4, 0.5) is 13.2 Å². The van der Waals surface area contributed by atoms with Crippen LogP contribution in [0.2, 0.25) is 0 Å². The number of methoxy groups -OCH3 is 2. The number of nitrogens with zero attached hydrogens (tertiary/aromatic N) is 7. The van der Waals surface area contributed by atoms with Gasteiger partial charge in [0, 0.05) is 44.2 Å². The molecule has 2 saturated heterocycles. The van der Waals surface area contributed by atoms with Gasteiger partial charge in [-0.15, -0.1) is 5.10 Å². The van der Waals surface area contributed by atoms with Gasteiger partial charge in [0.2, 0.25) is 0 Å². The third-order valence-corrected chi connectivity index (χ3v) is 8.64. The number of fused-ring (bicyclic) bond motifs is 1. The monoisotopic (exact) mass is 603 g/mol. The highest BCUT2D eigenvalue weighted by molar-refractivity contribution is 5.58. The summed E-state index contributed by atoms with van der Waals surface area (Å²) in [5, 5.41) is 20.0. The Hall–Kier alpha value is -4.47. The lowest BCUT2D eigenvalue weighted by atomic mass is 9.82. The van der Waals surface area contributed by atoms with Gasteiger partial charge in [-0.2, -0.15) is 23.1 Å². The molecule has 2 fully saturated rings. The van der Waals surface area contributed by atoms with Gasteiger partial charge in [-0.1, -0.05) is 60.7 Å². The van der Waals surface area contributed by atoms with Crippen LogP contribution in [0.25, 0.3) is 5.69 Å². The van der Waals surface area contributed by atoms with Crippen LogP contribution >= 0.6 is 0 Å². The molecule has 3 atom stereocenters. The van der Waals surface area contributed by atoms with E-state index in [1.165, 1.54) is 31.4 Å². The van der Waals surface area contributed by atoms with E-state index in [0.29, 0.717) is 42.2 Å². The highest BCUT2D eigenvalue weighted by Crippen LogP contribution is 2.42. The van der Waals surface area contributed by atoms with E-state index in [4.69, 9.17) is 9.47 Å². The van der Waals surface area contributed by atoms with Crippen LogP contribution in [-0.2, 0) is 12.7 Å². The van der Waals surface area contributed by atoms with Crippen molar-refractivity contribution in [3.05, 3.63) is 95.3 Å². The predicted octanol–water partition coefficient (Wildman–Crippen LogP) is 4.93. The SMILES string of the molecule is COc1ccc(-n2nnnc2C(F)(F)F)c(OC)c1CN1C[C@@H]2C[C@H](C#N)CN2[C@H](C(c2ccccc2)c2ccccc2)C1. The zero-order valence-electron chi connectivity index (χ0n) is 24.4. The van der Waals surface area contributed by atoms with Gasteiger partial charge < -0.3 is 9.47 Å². The second-order valence-electron chi connectivity index (χ2n) is 11.2. The Bertz CT molecular complexity index is 1590. The van der Waals surface area contributed by atoms with E-state index in [1.807, 2.05) is 36.4 Å². The van der Waals surface area contributed by atoms with Crippen LogP contribution in [0.5, 0.6) is 11.5 Å². The molecule has 6 rings (SSSR count). The molecule has 3 aromatic carbocycles. The molecule has 1 aromatic heterocycles. The molecule has 0 N–H and O–H groups in total. The number of piperazine rings is 1. The third kappa shape index (κ3) is 5.60. The smallest absolute Gasteiger partial charge is 0.453 e. The normalized spacial score (nSPS) is 20.8. The maximum Gasteiger partial charge on any atom is 0.453 e. The number of rotatable bonds is 8. The first-order valence-electron chi connectivity index (χ1n) is 14.4. The van der Waals surface area contributed by atoms with Crippen LogP contribution < -0.4 is 9.47 Å². The summed E-state index contributed by atoms with van der Waals surface area (Å²) in [5.74, 6) is -0.614. The van der Waals surface area contributed by atoms with Crippen molar-refractivity contribution in [2.75, 3.05) is 33.9 Å². The van der Waals surface area contributed by atoms with Gasteiger partial charge >= 0.3 is 6.18 Å². The second kappa shape index (κ2) is 12.3. The number of alkyl halides is 3. The van der Waals surface area contributed by atoms with Crippen LogP contribution in [0.3, 0.4) is 0 Å². The fraction of sp³-hybridized carbons (Fsp3) is 0.375. The molecule has 2 aliphatic heterocycles. The third-order valence-electron chi connectivity index (χ3n) is 8.64. The Labute approximate surface area is 253 Å². The van der Waals surface area contributed by atoms with Gasteiger partial charge in [0.1, 0.15) is 11.4 Å². The molecule has 0 saturated carbocycles. The van der Waals surface area contributed by atoms with E-state index < -0.39 is 12.0 Å². The molecule has 4 aromatic rings. The van der Waals surface area contributed by atoms with Crippen molar-refractivity contribution >= 4 is 0 Å². The van der Waals surface area contributed by atoms with Gasteiger partial charge in [0.05, 0.1) is 31.8 Å². The maximum atomic E-state index is 13.7. The Morgan fingerprint density at radius 2 is 1.61 bits per heavy atom. The van der Waals surface area contributed by atoms with E-state index in [-0.39, 0.29) is 35.4 Å². The number of hydrogen-bond donors (Lipinski definition) is 0. The summed E-state index contributed by atoms with van der Waals surface area (Å²) in [7, 11) is 2.93. The highest BCUT2D eigenvalue weighted by Gasteiger charge is 2.45. The lowest BCUT2D eigenvalue weighted by Gasteiger charge is -2.47. The van der Waals surface area contributed by atoms with Crippen molar-refractivity contribution in [2.24, 2.45) is 5.92 Å². The zero-order valence-corrected chi connectivity index (χ0v) is 24.4. The Kier molecular flexibility index (Phi) is 8.25. The van der Waals surface area contributed by atoms with Gasteiger partial charge in [-0.25, -0.2) is 0 Å². The first kappa shape index (κ1) is 29.6. The molecule has 0 radical (unpaired) electrons. The predicted molar refractivity (Wildman–Crippen MR) is 155 cm³/mol. The molecule has 12 heteroatoms. The molecule has 3 heterocycles. The van der Waals surface area contributed by atoms with E-state index in [1.54, 1.807) is 6.07 Å². The van der Waals surface area contributed by atoms with E-state index in [9.17, 15) is 18.4 Å². The van der Waals surface area contributed by atoms with E-state index >= 15 is 0 Å². The van der Waals surface area contributed by atoms with Crippen molar-refractivity contribution in [1.82, 2.24) is 30.0 Å². The number of halogens is 3. The number of benzene rings is 3. The van der Waals surface area contributed by atoms with E-state index in [2.05, 4.69) is 55.7 Å². The summed E-state index contributed by atoms with van der Waals surface area (Å²) in [6.07, 6.45) is -4.02. The largest absolute Gasteiger partial charge is 0.496 e. The zero-order chi connectivity index (χ0) is 30.8. The molecule has 0 unspecified atom stereocenters. The first-order valence-corrected chi connectivity index (χ1v) is 14.4. The van der Waals surface area contributed by atoms with Gasteiger partial charge in [0.15, 0.2) is 5.75 Å². The lowest BCUT2D eigenvalue weighted by Crippen LogP contribution is -2.58. The lowest BCUT2D eigenvalue weighted by molar-refractivity contribution is -0.146. The Balaban J connectivity index is 1.41. The van der Waals surface area contributed by atoms with Gasteiger partial charge in [-0.3, -0.25) is 9.80 Å². The molecule has 44 heavy (non-hydrogen) atoms. The Morgan fingerprint density at radius 3 is 2.20 bits per heavy atom. The summed E-state index contributed by atoms with van der Waals surface area (Å²) < 4.78 is 53.3. The van der Waals surface area contributed by atoms with Gasteiger partial charge in [-0.05, 0) is 40.1 Å². The molecule has 0 aliphatic carbocycles. The minimum absolute atomic E-state index is 0.0332. The van der Waals surface area contributed by atoms with Crippen LogP contribution in [0, 0.1) is 17.2 Å². The summed E-state index contributed by atoms with van der Waals surface area (Å²) in [6, 6.07) is 26.5. The summed E-state index contributed by atoms with van der Waals surface area (Å²) >= 11 is 0. The number of nitriles is 1. The highest BCUT2D eigenvalue weighted by atomic mass is 19.4. The minimum atomic E-state index is -4.76. The van der Waals surface area contributed by atoms with E-state index in [0.717, 1.165) is 6.42 Å². The van der Waals surface area contributed by atoms with Crippen molar-refractivity contribution in [2.45, 2.75) is 37.1 Å². The quantitative estimate of drug-likeness (QED) is 0.280. The van der Waals surface area contributed by atoms with Crippen LogP contribution in [-0.4, -0.2) is 75.9 Å². The molecule has 228 valence electrons. The Morgan fingerprint density at radius 1 is 0.932 bits per heavy atom. The summed E-state index contributed by atoms with van der Waals surface area (Å²) in [6.45, 7) is 2.37. The number of tetrazole rings is 1. The number of aromatic nitrogens is 4. The molecule has 0 amide bonds. The van der Waals surface area contributed by atoms with Crippen molar-refractivity contribution < 1.29 is 22.6 Å². The van der Waals surface area contributed by atoms with Crippen LogP contribution in [0.1, 0.15) is 34.9 Å². The maximum absolute atomic E-state index is 13.7. The molecular weight excluding hydrogens is 571 g/mol. The topological polar surface area (TPSA) is 92.3 Å². The molecule has 2 aliphatic rings. The van der Waals surface area contributed by atoms with Gasteiger partial charge in [0.25, 0.3) is 5.82 Å². The molecule has 0 spiro atoms. The average molecular weight is 604 g/mol. The second-order valence-corrected chi connectivity index (χ2v) is 11.2. The summed E-state index contributed by atoms with van der Waals surface area (Å²) in [4.78, 5) is 4.77. The fourth-order valence-electron chi connectivity index (χ4n) is 6.83. The number of hydrogen-bond acceptors (Lipinski definition) is 8. The standard InChI is InChI=1S/C32H32F3N7O2/c1-43-28-14-13-26(42-31(32(33,34)35)37-38-39-42)30(44-2)25(28)19-40-18-24-15-21(16-36)17-41(24)27(20-40)29(22-9-5-3-6-10-22)23-11-7-4-8-12-23/h3-14,21,24,27,29H,15,17-20H2,1-2H3/t21-,24+,27+/m1/s1. The molecular formula is C32H32F3N7O2.